The number of hydrogen-bond acceptors (Lipinski definition) is 0. The van der Waals surface area contributed by atoms with Crippen molar-refractivity contribution in [1.29, 1.82) is 0 Å². The third kappa shape index (κ3) is 32.0. The molecule has 0 fully saturated rings. The van der Waals surface area contributed by atoms with Crippen molar-refractivity contribution in [2.45, 2.75) is 0 Å². The van der Waals surface area contributed by atoms with Crippen LogP contribution < -0.4 is 0 Å². The molecular weight excluding hydrogens is 221 g/mol. The van der Waals surface area contributed by atoms with Crippen LogP contribution in [0, 0.1) is 0 Å². The van der Waals surface area contributed by atoms with Crippen molar-refractivity contribution in [1.82, 2.24) is 0 Å². The van der Waals surface area contributed by atoms with Gasteiger partial charge in [0.15, 0.2) is 0 Å². The predicted molar refractivity (Wildman–Crippen MR) is 30.6 cm³/mol. The minimum absolute atomic E-state index is 0. The summed E-state index contributed by atoms with van der Waals surface area (Å²) in [7, 11) is 14.3. The Labute approximate surface area is 73.0 Å². The molecule has 0 aromatic rings. The summed E-state index contributed by atoms with van der Waals surface area (Å²) in [5, 5.41) is 0. The Bertz CT molecular complexity index is 7.51. The second-order valence-electron chi connectivity index (χ2n) is 0.101. The van der Waals surface area contributed by atoms with Crippen LogP contribution in [0.3, 0.4) is 0 Å². The van der Waals surface area contributed by atoms with E-state index in [1.807, 2.05) is 0 Å². The molecule has 0 aromatic carbocycles. The van der Waals surface area contributed by atoms with Crippen LogP contribution in [-0.4, -0.2) is 18.2 Å². The Morgan fingerprint density at radius 2 is 1.17 bits per heavy atom. The van der Waals surface area contributed by atoms with E-state index in [9.17, 15) is 0 Å². The summed E-state index contributed by atoms with van der Waals surface area (Å²) in [6, 6.07) is 0. The Morgan fingerprint density at radius 1 is 1.17 bits per heavy atom. The molecule has 6 heavy (non-hydrogen) atoms. The van der Waals surface area contributed by atoms with E-state index in [1.54, 1.807) is 0 Å². The van der Waals surface area contributed by atoms with Gasteiger partial charge in [0.05, 0.1) is 0 Å². The van der Waals surface area contributed by atoms with E-state index in [-0.39, 0.29) is 12.4 Å². The summed E-state index contributed by atoms with van der Waals surface area (Å²) in [6.07, 6.45) is 0. The molecular formula is HCl4MgMn. The average molecular weight is 222 g/mol. The first-order chi connectivity index (χ1) is 2.41. The first-order valence-electron chi connectivity index (χ1n) is 0.677. The molecule has 0 heterocycles. The molecule has 0 nitrogen and oxygen atoms in total. The number of halogens is 4. The molecule has 0 aromatic heterocycles. The summed E-state index contributed by atoms with van der Waals surface area (Å²) in [6.45, 7) is 0. The van der Waals surface area contributed by atoms with Crippen LogP contribution in [0.25, 0.3) is 0 Å². The van der Waals surface area contributed by atoms with Crippen molar-refractivity contribution < 1.29 is 15.1 Å². The fourth-order valence-electron chi connectivity index (χ4n) is 0. The average Bonchev–Trinajstić information content (AvgIpc) is 1.46. The fourth-order valence-corrected chi connectivity index (χ4v) is 0. The molecule has 0 amide bonds. The van der Waals surface area contributed by atoms with Gasteiger partial charge in [-0.2, -0.15) is 0 Å². The first-order valence-corrected chi connectivity index (χ1v) is 6.58. The second kappa shape index (κ2) is 26.1. The predicted octanol–water partition coefficient (Wildman–Crippen LogP) is 2.11. The summed E-state index contributed by atoms with van der Waals surface area (Å²) in [4.78, 5) is 0. The summed E-state index contributed by atoms with van der Waals surface area (Å²) >= 11 is 1.77. The summed E-state index contributed by atoms with van der Waals surface area (Å²) in [5.74, 6) is 0. The van der Waals surface area contributed by atoms with E-state index < -0.39 is 18.2 Å². The molecule has 0 radical (unpaired) electrons. The molecule has 38 valence electrons. The van der Waals surface area contributed by atoms with Crippen LogP contribution in [0.5, 0.6) is 0 Å². The molecule has 0 rings (SSSR count). The number of hydrogen-bond donors (Lipinski definition) is 0. The molecule has 0 saturated carbocycles. The Balaban J connectivity index is -0.0000000275. The van der Waals surface area contributed by atoms with Crippen molar-refractivity contribution in [2.24, 2.45) is 0 Å². The van der Waals surface area contributed by atoms with Gasteiger partial charge in [-0.1, -0.05) is 0 Å². The maximum atomic E-state index is 4.90. The third-order valence-corrected chi connectivity index (χ3v) is 0. The fraction of sp³-hybridized carbons (Fsp3) is 0. The van der Waals surface area contributed by atoms with Gasteiger partial charge in [-0.25, -0.2) is 0 Å². The van der Waals surface area contributed by atoms with E-state index in [0.29, 0.717) is 0 Å². The van der Waals surface area contributed by atoms with Crippen molar-refractivity contribution >= 4 is 58.8 Å². The van der Waals surface area contributed by atoms with Crippen LogP contribution >= 0.6 is 40.6 Å². The zero-order valence-corrected chi connectivity index (χ0v) is 8.31. The van der Waals surface area contributed by atoms with Crippen LogP contribution in [-0.2, 0) is 15.1 Å². The molecule has 0 atom stereocenters. The van der Waals surface area contributed by atoms with Gasteiger partial charge >= 0.3 is 43.4 Å². The van der Waals surface area contributed by atoms with Crippen molar-refractivity contribution in [2.75, 3.05) is 0 Å². The van der Waals surface area contributed by atoms with Crippen LogP contribution in [0.4, 0.5) is 0 Å². The van der Waals surface area contributed by atoms with Crippen molar-refractivity contribution in [3.63, 3.8) is 0 Å². The molecule has 0 unspecified atom stereocenters. The summed E-state index contributed by atoms with van der Waals surface area (Å²) < 4.78 is 0. The molecule has 0 aliphatic heterocycles. The summed E-state index contributed by atoms with van der Waals surface area (Å²) in [5.41, 5.74) is 0. The van der Waals surface area contributed by atoms with Gasteiger partial charge in [0.25, 0.3) is 0 Å². The van der Waals surface area contributed by atoms with Gasteiger partial charge in [0.2, 0.25) is 0 Å². The number of rotatable bonds is 0. The third-order valence-electron chi connectivity index (χ3n) is 0. The topological polar surface area (TPSA) is 0 Å². The molecule has 0 bridgehead atoms. The zero-order chi connectivity index (χ0) is 4.71. The standard InChI is InChI=1S/4ClH.Mg.Mn/h4*1H;;/q;;;;+2;+1/p-3. The van der Waals surface area contributed by atoms with Crippen LogP contribution in [0.2, 0.25) is 0 Å². The van der Waals surface area contributed by atoms with E-state index in [4.69, 9.17) is 18.1 Å². The normalized spacial score (nSPS) is 2.67. The first kappa shape index (κ1) is 15.8. The zero-order valence-electron chi connectivity index (χ0n) is 2.63. The molecule has 0 aliphatic rings. The SMILES string of the molecule is Cl.[Cl][Mg][Cl].[Cl][Mn]. The van der Waals surface area contributed by atoms with Gasteiger partial charge in [-0.05, 0) is 0 Å². The molecule has 0 spiro atoms. The van der Waals surface area contributed by atoms with E-state index in [0.717, 1.165) is 0 Å². The van der Waals surface area contributed by atoms with Crippen molar-refractivity contribution in [3.05, 3.63) is 0 Å². The molecule has 0 aliphatic carbocycles. The maximum absolute atomic E-state index is 4.90. The van der Waals surface area contributed by atoms with Crippen LogP contribution in [0.15, 0.2) is 0 Å². The van der Waals surface area contributed by atoms with Gasteiger partial charge in [0.1, 0.15) is 0 Å². The monoisotopic (exact) mass is 220 g/mol. The quantitative estimate of drug-likeness (QED) is 0.550. The molecule has 0 N–H and O–H groups in total. The van der Waals surface area contributed by atoms with Gasteiger partial charge < -0.3 is 18.1 Å². The van der Waals surface area contributed by atoms with Crippen LogP contribution in [0.1, 0.15) is 0 Å². The second-order valence-corrected chi connectivity index (χ2v) is 2.73. The van der Waals surface area contributed by atoms with E-state index in [2.05, 4.69) is 25.2 Å². The van der Waals surface area contributed by atoms with E-state index in [1.165, 1.54) is 0 Å². The Kier molecular flexibility index (Phi) is 68.6. The van der Waals surface area contributed by atoms with Crippen molar-refractivity contribution in [3.8, 4) is 0 Å². The minimum atomic E-state index is -0.639. The molecule has 6 heteroatoms. The van der Waals surface area contributed by atoms with Gasteiger partial charge in [-0.15, -0.1) is 12.4 Å². The Morgan fingerprint density at radius 3 is 1.17 bits per heavy atom. The van der Waals surface area contributed by atoms with E-state index >= 15 is 0 Å². The Hall–Kier alpha value is 2.45. The molecule has 0 saturated heterocycles. The van der Waals surface area contributed by atoms with Gasteiger partial charge in [-0.3, -0.25) is 0 Å². The van der Waals surface area contributed by atoms with Gasteiger partial charge in [0, 0.05) is 0 Å².